The average molecular weight is 537 g/mol. The summed E-state index contributed by atoms with van der Waals surface area (Å²) in [4.78, 5) is 46.2. The lowest BCUT2D eigenvalue weighted by Crippen LogP contribution is -2.57. The number of hydrogen-bond donors (Lipinski definition) is 3. The highest BCUT2D eigenvalue weighted by Gasteiger charge is 2.49. The highest BCUT2D eigenvalue weighted by molar-refractivity contribution is 6.04. The molecule has 0 fully saturated rings. The number of carbonyl (C=O) groups is 3. The number of aromatic amines is 1. The fraction of sp³-hybridized carbons (Fsp3) is 0.281. The maximum Gasteiger partial charge on any atom is 0.255 e. The van der Waals surface area contributed by atoms with Crippen LogP contribution in [0.15, 0.2) is 72.8 Å². The zero-order valence-electron chi connectivity index (χ0n) is 22.7. The number of ether oxygens (including phenoxy) is 1. The van der Waals surface area contributed by atoms with Crippen molar-refractivity contribution in [3.05, 3.63) is 101 Å². The normalized spacial score (nSPS) is 18.2. The number of rotatable bonds is 7. The Hall–Kier alpha value is -4.59. The van der Waals surface area contributed by atoms with E-state index in [9.17, 15) is 14.4 Å². The van der Waals surface area contributed by atoms with Gasteiger partial charge in [0.2, 0.25) is 11.8 Å². The van der Waals surface area contributed by atoms with E-state index in [1.165, 1.54) is 0 Å². The molecule has 1 aromatic heterocycles. The number of fused-ring (bicyclic) bond motifs is 7. The minimum atomic E-state index is -0.773. The largest absolute Gasteiger partial charge is 0.496 e. The third kappa shape index (κ3) is 4.20. The Kier molecular flexibility index (Phi) is 6.54. The molecule has 0 saturated heterocycles. The molecular formula is C32H32N4O4. The van der Waals surface area contributed by atoms with E-state index in [1.54, 1.807) is 12.0 Å². The van der Waals surface area contributed by atoms with Crippen molar-refractivity contribution in [2.45, 2.75) is 44.9 Å². The summed E-state index contributed by atoms with van der Waals surface area (Å²) in [6.45, 7) is 4.06. The van der Waals surface area contributed by atoms with Gasteiger partial charge >= 0.3 is 0 Å². The molecule has 0 bridgehead atoms. The smallest absolute Gasteiger partial charge is 0.255 e. The summed E-state index contributed by atoms with van der Waals surface area (Å²) in [6, 6.07) is 21.1. The predicted octanol–water partition coefficient (Wildman–Crippen LogP) is 4.10. The summed E-state index contributed by atoms with van der Waals surface area (Å²) < 4.78 is 5.40. The van der Waals surface area contributed by atoms with E-state index >= 15 is 0 Å². The zero-order valence-corrected chi connectivity index (χ0v) is 22.7. The van der Waals surface area contributed by atoms with E-state index in [2.05, 4.69) is 15.6 Å². The molecule has 2 aliphatic rings. The Labute approximate surface area is 232 Å². The predicted molar refractivity (Wildman–Crippen MR) is 152 cm³/mol. The quantitative estimate of drug-likeness (QED) is 0.331. The van der Waals surface area contributed by atoms with Crippen molar-refractivity contribution in [1.82, 2.24) is 20.5 Å². The van der Waals surface area contributed by atoms with Crippen LogP contribution in [0, 0.1) is 5.92 Å². The standard InChI is InChI=1S/C32H32N4O4/c1-18(2)27(31(38)33-17-19-10-4-9-15-26(19)40-3)35-30(37)25-16-23-20-11-7-8-14-24(20)34-28(23)29-21-12-5-6-13-22(21)32(39)36(25)29/h4-15,18,25,27,29,34H,16-17H2,1-3H3,(H,33,38)(H,35,37)/t25-,27-,29+/m0/s1. The van der Waals surface area contributed by atoms with Crippen molar-refractivity contribution in [3.63, 3.8) is 0 Å². The highest BCUT2D eigenvalue weighted by atomic mass is 16.5. The third-order valence-electron chi connectivity index (χ3n) is 8.05. The number of methoxy groups -OCH3 is 1. The third-order valence-corrected chi connectivity index (χ3v) is 8.05. The first kappa shape index (κ1) is 25.7. The lowest BCUT2D eigenvalue weighted by Gasteiger charge is -2.38. The molecule has 0 radical (unpaired) electrons. The first-order chi connectivity index (χ1) is 19.4. The minimum absolute atomic E-state index is 0.170. The first-order valence-electron chi connectivity index (χ1n) is 13.6. The van der Waals surface area contributed by atoms with Crippen molar-refractivity contribution < 1.29 is 19.1 Å². The fourth-order valence-electron chi connectivity index (χ4n) is 6.06. The molecule has 0 unspecified atom stereocenters. The molecular weight excluding hydrogens is 504 g/mol. The summed E-state index contributed by atoms with van der Waals surface area (Å²) in [7, 11) is 1.59. The second-order valence-corrected chi connectivity index (χ2v) is 10.7. The Bertz CT molecular complexity index is 1620. The van der Waals surface area contributed by atoms with Crippen molar-refractivity contribution >= 4 is 28.6 Å². The van der Waals surface area contributed by atoms with Crippen LogP contribution in [0.3, 0.4) is 0 Å². The van der Waals surface area contributed by atoms with Gasteiger partial charge in [-0.15, -0.1) is 0 Å². The molecule has 4 aromatic rings. The Balaban J connectivity index is 1.30. The molecule has 3 heterocycles. The fourth-order valence-corrected chi connectivity index (χ4v) is 6.06. The van der Waals surface area contributed by atoms with Crippen LogP contribution in [0.25, 0.3) is 10.9 Å². The van der Waals surface area contributed by atoms with Gasteiger partial charge in [-0.05, 0) is 35.2 Å². The number of benzene rings is 3. The molecule has 0 spiro atoms. The molecule has 3 N–H and O–H groups in total. The van der Waals surface area contributed by atoms with Crippen LogP contribution in [-0.2, 0) is 22.6 Å². The van der Waals surface area contributed by atoms with Crippen LogP contribution < -0.4 is 15.4 Å². The molecule has 8 heteroatoms. The van der Waals surface area contributed by atoms with E-state index in [4.69, 9.17) is 4.74 Å². The van der Waals surface area contributed by atoms with E-state index in [-0.39, 0.29) is 30.2 Å². The molecule has 3 aromatic carbocycles. The molecule has 0 saturated carbocycles. The number of para-hydroxylation sites is 2. The van der Waals surface area contributed by atoms with Crippen molar-refractivity contribution in [2.75, 3.05) is 7.11 Å². The maximum absolute atomic E-state index is 14.0. The van der Waals surface area contributed by atoms with Crippen LogP contribution in [0.4, 0.5) is 0 Å². The zero-order chi connectivity index (χ0) is 28.0. The second kappa shape index (κ2) is 10.2. The van der Waals surface area contributed by atoms with Crippen molar-refractivity contribution in [2.24, 2.45) is 5.92 Å². The number of carbonyl (C=O) groups excluding carboxylic acids is 3. The van der Waals surface area contributed by atoms with E-state index in [1.807, 2.05) is 86.6 Å². The minimum Gasteiger partial charge on any atom is -0.496 e. The van der Waals surface area contributed by atoms with Crippen LogP contribution >= 0.6 is 0 Å². The molecule has 6 rings (SSSR count). The van der Waals surface area contributed by atoms with Gasteiger partial charge in [0.25, 0.3) is 5.91 Å². The number of hydrogen-bond acceptors (Lipinski definition) is 4. The molecule has 3 amide bonds. The van der Waals surface area contributed by atoms with E-state index in [0.29, 0.717) is 17.7 Å². The second-order valence-electron chi connectivity index (χ2n) is 10.7. The Morgan fingerprint density at radius 1 is 1.02 bits per heavy atom. The lowest BCUT2D eigenvalue weighted by atomic mass is 9.89. The number of nitrogens with one attached hydrogen (secondary N) is 3. The highest BCUT2D eigenvalue weighted by Crippen LogP contribution is 2.46. The van der Waals surface area contributed by atoms with Gasteiger partial charge in [-0.2, -0.15) is 0 Å². The molecule has 204 valence electrons. The maximum atomic E-state index is 14.0. The van der Waals surface area contributed by atoms with Gasteiger partial charge in [-0.3, -0.25) is 14.4 Å². The number of H-pyrrole nitrogens is 1. The topological polar surface area (TPSA) is 104 Å². The summed E-state index contributed by atoms with van der Waals surface area (Å²) in [6.07, 6.45) is 0.356. The van der Waals surface area contributed by atoms with Crippen LogP contribution in [0.5, 0.6) is 5.75 Å². The van der Waals surface area contributed by atoms with Crippen LogP contribution in [0.1, 0.15) is 52.6 Å². The average Bonchev–Trinajstić information content (AvgIpc) is 3.49. The number of amides is 3. The lowest BCUT2D eigenvalue weighted by molar-refractivity contribution is -0.133. The molecule has 2 aliphatic heterocycles. The first-order valence-corrected chi connectivity index (χ1v) is 13.6. The van der Waals surface area contributed by atoms with Gasteiger partial charge in [0, 0.05) is 40.7 Å². The summed E-state index contributed by atoms with van der Waals surface area (Å²) in [5, 5.41) is 6.99. The summed E-state index contributed by atoms with van der Waals surface area (Å²) in [5.74, 6) is -0.288. The monoisotopic (exact) mass is 536 g/mol. The Morgan fingerprint density at radius 2 is 1.75 bits per heavy atom. The van der Waals surface area contributed by atoms with Crippen molar-refractivity contribution in [3.8, 4) is 5.75 Å². The van der Waals surface area contributed by atoms with Gasteiger partial charge < -0.3 is 25.3 Å². The number of nitrogens with zero attached hydrogens (tertiary/aromatic N) is 1. The molecule has 3 atom stereocenters. The van der Waals surface area contributed by atoms with Crippen LogP contribution in [0.2, 0.25) is 0 Å². The van der Waals surface area contributed by atoms with Gasteiger partial charge in [0.1, 0.15) is 17.8 Å². The van der Waals surface area contributed by atoms with Crippen LogP contribution in [-0.4, -0.2) is 46.8 Å². The van der Waals surface area contributed by atoms with E-state index < -0.39 is 18.1 Å². The van der Waals surface area contributed by atoms with Crippen molar-refractivity contribution in [1.29, 1.82) is 0 Å². The van der Waals surface area contributed by atoms with Gasteiger partial charge in [-0.25, -0.2) is 0 Å². The summed E-state index contributed by atoms with van der Waals surface area (Å²) in [5.41, 5.74) is 5.27. The summed E-state index contributed by atoms with van der Waals surface area (Å²) >= 11 is 0. The van der Waals surface area contributed by atoms with Gasteiger partial charge in [0.15, 0.2) is 0 Å². The SMILES string of the molecule is COc1ccccc1CNC(=O)[C@@H](NC(=O)[C@@H]1Cc2c([nH]c3ccccc23)[C@H]2c3ccccc3C(=O)N21)C(C)C. The van der Waals surface area contributed by atoms with Gasteiger partial charge in [0.05, 0.1) is 13.2 Å². The number of aromatic nitrogens is 1. The van der Waals surface area contributed by atoms with E-state index in [0.717, 1.165) is 33.3 Å². The Morgan fingerprint density at radius 3 is 2.55 bits per heavy atom. The molecule has 40 heavy (non-hydrogen) atoms. The molecule has 8 nitrogen and oxygen atoms in total. The molecule has 0 aliphatic carbocycles. The van der Waals surface area contributed by atoms with Gasteiger partial charge in [-0.1, -0.05) is 68.4 Å².